The summed E-state index contributed by atoms with van der Waals surface area (Å²) >= 11 is 1.41. The average Bonchev–Trinajstić information content (AvgIpc) is 3.50. The normalized spacial score (nSPS) is 17.8. The van der Waals surface area contributed by atoms with Gasteiger partial charge in [-0.1, -0.05) is 37.5 Å². The van der Waals surface area contributed by atoms with E-state index < -0.39 is 24.0 Å². The molecule has 2 amide bonds. The van der Waals surface area contributed by atoms with E-state index in [-0.39, 0.29) is 18.6 Å². The molecule has 38 heavy (non-hydrogen) atoms. The number of para-hydroxylation sites is 2. The van der Waals surface area contributed by atoms with E-state index in [4.69, 9.17) is 14.2 Å². The Labute approximate surface area is 225 Å². The van der Waals surface area contributed by atoms with Crippen molar-refractivity contribution in [3.05, 3.63) is 76.5 Å². The Balaban J connectivity index is 1.52. The first kappa shape index (κ1) is 25.8. The number of nitrogens with zero attached hydrogens (tertiary/aromatic N) is 1. The van der Waals surface area contributed by atoms with Gasteiger partial charge >= 0.3 is 5.97 Å². The highest BCUT2D eigenvalue weighted by Gasteiger charge is 2.40. The number of thiophene rings is 1. The summed E-state index contributed by atoms with van der Waals surface area (Å²) in [6, 6.07) is 16.5. The number of rotatable bonds is 7. The van der Waals surface area contributed by atoms with Crippen LogP contribution in [0.2, 0.25) is 0 Å². The number of nitrogens with one attached hydrogen (secondary N) is 1. The highest BCUT2D eigenvalue weighted by molar-refractivity contribution is 7.10. The van der Waals surface area contributed by atoms with E-state index in [2.05, 4.69) is 5.32 Å². The van der Waals surface area contributed by atoms with Gasteiger partial charge in [0.25, 0.3) is 5.91 Å². The topological polar surface area (TPSA) is 94.2 Å². The molecule has 0 radical (unpaired) electrons. The minimum Gasteiger partial charge on any atom is -0.485 e. The lowest BCUT2D eigenvalue weighted by molar-refractivity contribution is -0.132. The zero-order valence-corrected chi connectivity index (χ0v) is 21.9. The van der Waals surface area contributed by atoms with Crippen molar-refractivity contribution in [1.82, 2.24) is 5.32 Å². The van der Waals surface area contributed by atoms with Crippen molar-refractivity contribution in [3.63, 3.8) is 0 Å². The summed E-state index contributed by atoms with van der Waals surface area (Å²) in [7, 11) is 1.31. The van der Waals surface area contributed by atoms with Gasteiger partial charge in [0.1, 0.15) is 12.6 Å². The largest absolute Gasteiger partial charge is 0.485 e. The fourth-order valence-electron chi connectivity index (χ4n) is 4.92. The molecule has 1 N–H and O–H groups in total. The molecule has 0 spiro atoms. The molecule has 2 aliphatic rings. The smallest absolute Gasteiger partial charge is 0.337 e. The van der Waals surface area contributed by atoms with Crippen LogP contribution in [0.4, 0.5) is 5.69 Å². The number of benzene rings is 2. The number of hydrogen-bond donors (Lipinski definition) is 1. The molecule has 1 fully saturated rings. The molecule has 8 nitrogen and oxygen atoms in total. The lowest BCUT2D eigenvalue weighted by Gasteiger charge is -2.35. The predicted octanol–water partition coefficient (Wildman–Crippen LogP) is 4.90. The summed E-state index contributed by atoms with van der Waals surface area (Å²) in [4.78, 5) is 42.3. The Hall–Kier alpha value is -3.85. The van der Waals surface area contributed by atoms with Crippen molar-refractivity contribution in [1.29, 1.82) is 0 Å². The minimum absolute atomic E-state index is 0.00793. The van der Waals surface area contributed by atoms with Crippen molar-refractivity contribution < 1.29 is 28.6 Å². The fourth-order valence-corrected chi connectivity index (χ4v) is 5.74. The zero-order chi connectivity index (χ0) is 26.5. The standard InChI is InChI=1S/C29H30N2O6S/c1-35-29(34)19-13-15-21(16-14-19)31(28(33)24-18-36-22-10-5-6-11-23(22)37-24)26(25-12-7-17-38-25)27(32)30-20-8-3-2-4-9-20/h5-7,10-17,20,24,26H,2-4,8-9,18H2,1H3,(H,30,32)/t24-,26-/m0/s1. The fraction of sp³-hybridized carbons (Fsp3) is 0.345. The molecule has 0 bridgehead atoms. The van der Waals surface area contributed by atoms with E-state index in [0.717, 1.165) is 30.6 Å². The lowest BCUT2D eigenvalue weighted by atomic mass is 9.95. The number of methoxy groups -OCH3 is 1. The number of fused-ring (bicyclic) bond motifs is 1. The molecule has 1 aliphatic carbocycles. The van der Waals surface area contributed by atoms with Gasteiger partial charge in [-0.15, -0.1) is 11.3 Å². The summed E-state index contributed by atoms with van der Waals surface area (Å²) in [6.45, 7) is 0.00793. The van der Waals surface area contributed by atoms with Crippen LogP contribution in [-0.2, 0) is 14.3 Å². The van der Waals surface area contributed by atoms with Crippen molar-refractivity contribution in [2.45, 2.75) is 50.3 Å². The second-order valence-electron chi connectivity index (χ2n) is 9.37. The summed E-state index contributed by atoms with van der Waals surface area (Å²) in [5.74, 6) is -0.114. The maximum atomic E-state index is 14.2. The Morgan fingerprint density at radius 3 is 2.39 bits per heavy atom. The van der Waals surface area contributed by atoms with E-state index in [1.54, 1.807) is 36.4 Å². The quantitative estimate of drug-likeness (QED) is 0.434. The summed E-state index contributed by atoms with van der Waals surface area (Å²) < 4.78 is 16.7. The molecule has 198 valence electrons. The number of anilines is 1. The van der Waals surface area contributed by atoms with Crippen LogP contribution < -0.4 is 19.7 Å². The third-order valence-electron chi connectivity index (χ3n) is 6.86. The molecule has 5 rings (SSSR count). The SMILES string of the molecule is COC(=O)c1ccc(N(C(=O)[C@@H]2COc3ccccc3O2)[C@H](C(=O)NC2CCCCC2)c2cccs2)cc1. The van der Waals surface area contributed by atoms with Gasteiger partial charge in [0.05, 0.1) is 12.7 Å². The molecular weight excluding hydrogens is 504 g/mol. The number of hydrogen-bond acceptors (Lipinski definition) is 7. The van der Waals surface area contributed by atoms with Gasteiger partial charge in [-0.25, -0.2) is 4.79 Å². The maximum Gasteiger partial charge on any atom is 0.337 e. The van der Waals surface area contributed by atoms with Crippen LogP contribution in [0.15, 0.2) is 66.0 Å². The number of amides is 2. The van der Waals surface area contributed by atoms with Crippen LogP contribution in [0.1, 0.15) is 53.4 Å². The summed E-state index contributed by atoms with van der Waals surface area (Å²) in [5.41, 5.74) is 0.802. The zero-order valence-electron chi connectivity index (χ0n) is 21.1. The molecule has 1 saturated carbocycles. The van der Waals surface area contributed by atoms with E-state index in [9.17, 15) is 14.4 Å². The first-order valence-electron chi connectivity index (χ1n) is 12.8. The summed E-state index contributed by atoms with van der Waals surface area (Å²) in [6.07, 6.45) is 4.17. The molecule has 1 aromatic heterocycles. The number of ether oxygens (including phenoxy) is 3. The van der Waals surface area contributed by atoms with E-state index in [1.807, 2.05) is 29.6 Å². The Morgan fingerprint density at radius 1 is 0.974 bits per heavy atom. The second kappa shape index (κ2) is 11.7. The van der Waals surface area contributed by atoms with E-state index in [1.165, 1.54) is 29.8 Å². The monoisotopic (exact) mass is 534 g/mol. The molecule has 9 heteroatoms. The van der Waals surface area contributed by atoms with Crippen LogP contribution in [0.25, 0.3) is 0 Å². The average molecular weight is 535 g/mol. The highest BCUT2D eigenvalue weighted by atomic mass is 32.1. The molecule has 0 saturated heterocycles. The molecule has 2 heterocycles. The predicted molar refractivity (Wildman–Crippen MR) is 144 cm³/mol. The van der Waals surface area contributed by atoms with Crippen molar-refractivity contribution >= 4 is 34.8 Å². The van der Waals surface area contributed by atoms with Crippen molar-refractivity contribution in [2.24, 2.45) is 0 Å². The van der Waals surface area contributed by atoms with Gasteiger partial charge in [0.2, 0.25) is 12.0 Å². The van der Waals surface area contributed by atoms with Gasteiger partial charge in [0, 0.05) is 16.6 Å². The number of carbonyl (C=O) groups excluding carboxylic acids is 3. The van der Waals surface area contributed by atoms with Crippen LogP contribution in [-0.4, -0.2) is 43.6 Å². The van der Waals surface area contributed by atoms with E-state index in [0.29, 0.717) is 22.7 Å². The Morgan fingerprint density at radius 2 is 1.71 bits per heavy atom. The minimum atomic E-state index is -0.963. The van der Waals surface area contributed by atoms with E-state index >= 15 is 0 Å². The third kappa shape index (κ3) is 5.52. The van der Waals surface area contributed by atoms with Gasteiger partial charge in [-0.3, -0.25) is 14.5 Å². The highest BCUT2D eigenvalue weighted by Crippen LogP contribution is 2.35. The number of esters is 1. The van der Waals surface area contributed by atoms with Crippen LogP contribution in [0.3, 0.4) is 0 Å². The molecule has 2 aromatic carbocycles. The third-order valence-corrected chi connectivity index (χ3v) is 7.78. The van der Waals surface area contributed by atoms with Gasteiger partial charge in [0.15, 0.2) is 11.5 Å². The summed E-state index contributed by atoms with van der Waals surface area (Å²) in [5, 5.41) is 5.08. The lowest BCUT2D eigenvalue weighted by Crippen LogP contribution is -2.52. The first-order valence-corrected chi connectivity index (χ1v) is 13.7. The van der Waals surface area contributed by atoms with Crippen LogP contribution in [0.5, 0.6) is 11.5 Å². The maximum absolute atomic E-state index is 14.2. The van der Waals surface area contributed by atoms with Crippen molar-refractivity contribution in [2.75, 3.05) is 18.6 Å². The molecule has 1 aliphatic heterocycles. The molecule has 3 aromatic rings. The number of carbonyl (C=O) groups is 3. The van der Waals surface area contributed by atoms with Crippen molar-refractivity contribution in [3.8, 4) is 11.5 Å². The Kier molecular flexibility index (Phi) is 7.93. The van der Waals surface area contributed by atoms with Crippen LogP contribution in [0, 0.1) is 0 Å². The Bertz CT molecular complexity index is 1270. The molecule has 0 unspecified atom stereocenters. The molecular formula is C29H30N2O6S. The second-order valence-corrected chi connectivity index (χ2v) is 10.4. The molecule has 2 atom stereocenters. The van der Waals surface area contributed by atoms with Gasteiger partial charge < -0.3 is 19.5 Å². The first-order chi connectivity index (χ1) is 18.5. The van der Waals surface area contributed by atoms with Gasteiger partial charge in [-0.2, -0.15) is 0 Å². The van der Waals surface area contributed by atoms with Gasteiger partial charge in [-0.05, 0) is 60.7 Å². The van der Waals surface area contributed by atoms with Crippen LogP contribution >= 0.6 is 11.3 Å².